The molecular formula is C17H33N3. The maximum absolute atomic E-state index is 3.78. The first-order valence-corrected chi connectivity index (χ1v) is 8.80. The van der Waals surface area contributed by atoms with Crippen LogP contribution in [-0.2, 0) is 0 Å². The van der Waals surface area contributed by atoms with Gasteiger partial charge in [-0.05, 0) is 50.1 Å². The van der Waals surface area contributed by atoms with Crippen molar-refractivity contribution in [1.82, 2.24) is 15.1 Å². The normalized spacial score (nSPS) is 38.2. The molecule has 0 spiro atoms. The second kappa shape index (κ2) is 5.94. The molecule has 3 rings (SSSR count). The van der Waals surface area contributed by atoms with Gasteiger partial charge in [0.25, 0.3) is 0 Å². The van der Waals surface area contributed by atoms with Crippen LogP contribution in [0, 0.1) is 11.3 Å². The fourth-order valence-electron chi connectivity index (χ4n) is 4.93. The molecule has 3 nitrogen and oxygen atoms in total. The van der Waals surface area contributed by atoms with Gasteiger partial charge in [-0.3, -0.25) is 4.90 Å². The Hall–Kier alpha value is -0.120. The van der Waals surface area contributed by atoms with Crippen molar-refractivity contribution in [3.8, 4) is 0 Å². The predicted octanol–water partition coefficient (Wildman–Crippen LogP) is 2.18. The lowest BCUT2D eigenvalue weighted by Crippen LogP contribution is -2.53. The van der Waals surface area contributed by atoms with Gasteiger partial charge >= 0.3 is 0 Å². The highest BCUT2D eigenvalue weighted by Gasteiger charge is 2.42. The summed E-state index contributed by atoms with van der Waals surface area (Å²) in [5, 5.41) is 3.78. The summed E-state index contributed by atoms with van der Waals surface area (Å²) >= 11 is 0. The van der Waals surface area contributed by atoms with E-state index in [1.807, 2.05) is 0 Å². The van der Waals surface area contributed by atoms with E-state index in [4.69, 9.17) is 0 Å². The average Bonchev–Trinajstić information content (AvgIpc) is 2.97. The number of fused-ring (bicyclic) bond motifs is 1. The molecule has 3 heteroatoms. The van der Waals surface area contributed by atoms with Crippen LogP contribution in [0.3, 0.4) is 0 Å². The SMILES string of the molecule is CCNC1C(CN2CCN3CCCC3C2)CCC1(C)C. The molecule has 2 saturated heterocycles. The lowest BCUT2D eigenvalue weighted by Gasteiger charge is -2.40. The third-order valence-corrected chi connectivity index (χ3v) is 6.06. The number of nitrogens with one attached hydrogen (secondary N) is 1. The summed E-state index contributed by atoms with van der Waals surface area (Å²) in [6, 6.07) is 1.59. The first kappa shape index (κ1) is 14.8. The van der Waals surface area contributed by atoms with Gasteiger partial charge in [0, 0.05) is 38.3 Å². The quantitative estimate of drug-likeness (QED) is 0.851. The van der Waals surface area contributed by atoms with Crippen molar-refractivity contribution < 1.29 is 0 Å². The molecule has 3 atom stereocenters. The molecule has 2 aliphatic heterocycles. The zero-order valence-corrected chi connectivity index (χ0v) is 13.7. The van der Waals surface area contributed by atoms with E-state index in [0.717, 1.165) is 18.5 Å². The van der Waals surface area contributed by atoms with Crippen LogP contribution in [0.1, 0.15) is 46.5 Å². The van der Waals surface area contributed by atoms with E-state index in [2.05, 4.69) is 35.9 Å². The summed E-state index contributed by atoms with van der Waals surface area (Å²) in [7, 11) is 0. The fraction of sp³-hybridized carbons (Fsp3) is 1.00. The highest BCUT2D eigenvalue weighted by atomic mass is 15.3. The van der Waals surface area contributed by atoms with Crippen molar-refractivity contribution in [3.05, 3.63) is 0 Å². The van der Waals surface area contributed by atoms with Crippen molar-refractivity contribution >= 4 is 0 Å². The van der Waals surface area contributed by atoms with Crippen LogP contribution in [0.5, 0.6) is 0 Å². The van der Waals surface area contributed by atoms with Gasteiger partial charge in [0.2, 0.25) is 0 Å². The molecule has 2 heterocycles. The summed E-state index contributed by atoms with van der Waals surface area (Å²) in [5.41, 5.74) is 0.482. The molecule has 0 aromatic heterocycles. The Bertz CT molecular complexity index is 328. The Kier molecular flexibility index (Phi) is 4.40. The number of rotatable bonds is 4. The summed E-state index contributed by atoms with van der Waals surface area (Å²) in [6.07, 6.45) is 5.66. The number of hydrogen-bond acceptors (Lipinski definition) is 3. The van der Waals surface area contributed by atoms with Crippen molar-refractivity contribution in [2.24, 2.45) is 11.3 Å². The molecule has 0 amide bonds. The van der Waals surface area contributed by atoms with Crippen LogP contribution in [0.2, 0.25) is 0 Å². The minimum Gasteiger partial charge on any atom is -0.313 e. The van der Waals surface area contributed by atoms with Crippen LogP contribution in [0.15, 0.2) is 0 Å². The highest BCUT2D eigenvalue weighted by Crippen LogP contribution is 2.41. The molecule has 1 N–H and O–H groups in total. The molecule has 0 radical (unpaired) electrons. The van der Waals surface area contributed by atoms with Crippen LogP contribution in [0.4, 0.5) is 0 Å². The summed E-state index contributed by atoms with van der Waals surface area (Å²) in [4.78, 5) is 5.49. The molecule has 116 valence electrons. The molecule has 3 aliphatic rings. The van der Waals surface area contributed by atoms with Gasteiger partial charge in [-0.15, -0.1) is 0 Å². The van der Waals surface area contributed by atoms with E-state index in [9.17, 15) is 0 Å². The second-order valence-corrected chi connectivity index (χ2v) is 7.91. The Morgan fingerprint density at radius 1 is 1.15 bits per heavy atom. The summed E-state index contributed by atoms with van der Waals surface area (Å²) in [5.74, 6) is 0.859. The summed E-state index contributed by atoms with van der Waals surface area (Å²) < 4.78 is 0. The van der Waals surface area contributed by atoms with E-state index < -0.39 is 0 Å². The lowest BCUT2D eigenvalue weighted by atomic mass is 9.84. The van der Waals surface area contributed by atoms with Gasteiger partial charge < -0.3 is 10.2 Å². The van der Waals surface area contributed by atoms with Crippen molar-refractivity contribution in [2.75, 3.05) is 39.3 Å². The highest BCUT2D eigenvalue weighted by molar-refractivity contribution is 4.98. The topological polar surface area (TPSA) is 18.5 Å². The maximum Gasteiger partial charge on any atom is 0.0224 e. The van der Waals surface area contributed by atoms with E-state index in [1.165, 1.54) is 58.4 Å². The van der Waals surface area contributed by atoms with Gasteiger partial charge in [0.1, 0.15) is 0 Å². The van der Waals surface area contributed by atoms with Crippen LogP contribution >= 0.6 is 0 Å². The van der Waals surface area contributed by atoms with Crippen LogP contribution in [0.25, 0.3) is 0 Å². The Morgan fingerprint density at radius 2 is 2.00 bits per heavy atom. The molecule has 0 aromatic carbocycles. The van der Waals surface area contributed by atoms with Crippen molar-refractivity contribution in [3.63, 3.8) is 0 Å². The largest absolute Gasteiger partial charge is 0.313 e. The van der Waals surface area contributed by atoms with Crippen molar-refractivity contribution in [2.45, 2.75) is 58.5 Å². The van der Waals surface area contributed by atoms with E-state index >= 15 is 0 Å². The molecule has 0 aromatic rings. The van der Waals surface area contributed by atoms with Gasteiger partial charge in [0.05, 0.1) is 0 Å². The molecule has 1 aliphatic carbocycles. The first-order chi connectivity index (χ1) is 9.60. The lowest BCUT2D eigenvalue weighted by molar-refractivity contribution is 0.0845. The molecular weight excluding hydrogens is 246 g/mol. The van der Waals surface area contributed by atoms with E-state index in [-0.39, 0.29) is 0 Å². The number of nitrogens with zero attached hydrogens (tertiary/aromatic N) is 2. The Labute approximate surface area is 125 Å². The van der Waals surface area contributed by atoms with E-state index in [0.29, 0.717) is 11.5 Å². The monoisotopic (exact) mass is 279 g/mol. The molecule has 3 unspecified atom stereocenters. The summed E-state index contributed by atoms with van der Waals surface area (Å²) in [6.45, 7) is 14.9. The second-order valence-electron chi connectivity index (χ2n) is 7.91. The standard InChI is InChI=1S/C17H33N3/c1-4-18-16-14(7-8-17(16,2)3)12-19-10-11-20-9-5-6-15(20)13-19/h14-16,18H,4-13H2,1-3H3. The number of hydrogen-bond donors (Lipinski definition) is 1. The van der Waals surface area contributed by atoms with Gasteiger partial charge in [0.15, 0.2) is 0 Å². The third-order valence-electron chi connectivity index (χ3n) is 6.06. The van der Waals surface area contributed by atoms with Gasteiger partial charge in [-0.2, -0.15) is 0 Å². The first-order valence-electron chi connectivity index (χ1n) is 8.80. The third kappa shape index (κ3) is 2.90. The fourth-order valence-corrected chi connectivity index (χ4v) is 4.93. The minimum atomic E-state index is 0.482. The molecule has 20 heavy (non-hydrogen) atoms. The predicted molar refractivity (Wildman–Crippen MR) is 85.0 cm³/mol. The molecule has 0 bridgehead atoms. The van der Waals surface area contributed by atoms with Gasteiger partial charge in [-0.25, -0.2) is 0 Å². The van der Waals surface area contributed by atoms with Crippen LogP contribution < -0.4 is 5.32 Å². The van der Waals surface area contributed by atoms with Crippen molar-refractivity contribution in [1.29, 1.82) is 0 Å². The Morgan fingerprint density at radius 3 is 2.80 bits per heavy atom. The molecule has 3 fully saturated rings. The zero-order valence-electron chi connectivity index (χ0n) is 13.7. The maximum atomic E-state index is 3.78. The van der Waals surface area contributed by atoms with Gasteiger partial charge in [-0.1, -0.05) is 20.8 Å². The Balaban J connectivity index is 1.57. The number of piperazine rings is 1. The average molecular weight is 279 g/mol. The van der Waals surface area contributed by atoms with E-state index in [1.54, 1.807) is 0 Å². The smallest absolute Gasteiger partial charge is 0.0224 e. The zero-order chi connectivity index (χ0) is 14.2. The molecule has 1 saturated carbocycles. The van der Waals surface area contributed by atoms with Crippen LogP contribution in [-0.4, -0.2) is 61.2 Å². The minimum absolute atomic E-state index is 0.482.